The molecule has 0 spiro atoms. The van der Waals surface area contributed by atoms with Crippen LogP contribution in [0.15, 0.2) is 65.6 Å². The Morgan fingerprint density at radius 2 is 1.61 bits per heavy atom. The van der Waals surface area contributed by atoms with Gasteiger partial charge in [0.1, 0.15) is 13.2 Å². The van der Waals surface area contributed by atoms with Crippen LogP contribution in [0.2, 0.25) is 0 Å². The van der Waals surface area contributed by atoms with Crippen molar-refractivity contribution in [3.05, 3.63) is 77.4 Å². The first-order valence-electron chi connectivity index (χ1n) is 9.73. The first kappa shape index (κ1) is 20.7. The summed E-state index contributed by atoms with van der Waals surface area (Å²) in [6.45, 7) is 4.53. The second-order valence-corrected chi connectivity index (χ2v) is 8.89. The number of benzene rings is 3. The van der Waals surface area contributed by atoms with Crippen molar-refractivity contribution in [3.63, 3.8) is 0 Å². The molecule has 0 aromatic heterocycles. The van der Waals surface area contributed by atoms with Crippen LogP contribution in [-0.4, -0.2) is 27.5 Å². The molecule has 2 N–H and O–H groups in total. The lowest BCUT2D eigenvalue weighted by molar-refractivity contribution is 0.102. The smallest absolute Gasteiger partial charge is 0.261 e. The van der Waals surface area contributed by atoms with Gasteiger partial charge in [-0.3, -0.25) is 9.52 Å². The fourth-order valence-electron chi connectivity index (χ4n) is 3.23. The lowest BCUT2D eigenvalue weighted by atomic mass is 10.1. The lowest BCUT2D eigenvalue weighted by Gasteiger charge is -2.19. The molecule has 3 aromatic rings. The van der Waals surface area contributed by atoms with E-state index in [1.54, 1.807) is 67.6 Å². The molecule has 0 saturated carbocycles. The molecule has 1 aliphatic rings. The van der Waals surface area contributed by atoms with Crippen molar-refractivity contribution in [2.45, 2.75) is 18.7 Å². The Morgan fingerprint density at radius 3 is 2.35 bits per heavy atom. The van der Waals surface area contributed by atoms with Crippen LogP contribution >= 0.6 is 0 Å². The number of sulfonamides is 1. The fraction of sp³-hybridized carbons (Fsp3) is 0.174. The van der Waals surface area contributed by atoms with E-state index in [9.17, 15) is 13.2 Å². The number of anilines is 2. The average Bonchev–Trinajstić information content (AvgIpc) is 2.75. The zero-order chi connectivity index (χ0) is 22.0. The second-order valence-electron chi connectivity index (χ2n) is 7.21. The summed E-state index contributed by atoms with van der Waals surface area (Å²) in [7, 11) is -3.78. The third-order valence-corrected chi connectivity index (χ3v) is 6.34. The Kier molecular flexibility index (Phi) is 5.56. The third kappa shape index (κ3) is 4.49. The van der Waals surface area contributed by atoms with E-state index >= 15 is 0 Å². The number of carbonyl (C=O) groups excluding carboxylic acids is 1. The molecular formula is C23H22N2O5S. The van der Waals surface area contributed by atoms with E-state index in [1.807, 2.05) is 6.92 Å². The highest BCUT2D eigenvalue weighted by atomic mass is 32.2. The number of fused-ring (bicyclic) bond motifs is 1. The molecule has 7 nitrogen and oxygen atoms in total. The molecule has 31 heavy (non-hydrogen) atoms. The number of nitrogens with one attached hydrogen (secondary N) is 2. The molecule has 0 atom stereocenters. The van der Waals surface area contributed by atoms with E-state index in [-0.39, 0.29) is 10.8 Å². The number of carbonyl (C=O) groups is 1. The van der Waals surface area contributed by atoms with E-state index in [2.05, 4.69) is 10.0 Å². The molecule has 8 heteroatoms. The first-order valence-corrected chi connectivity index (χ1v) is 11.2. The van der Waals surface area contributed by atoms with Crippen molar-refractivity contribution in [3.8, 4) is 11.5 Å². The first-order chi connectivity index (χ1) is 14.8. The molecule has 1 aliphatic heterocycles. The number of ether oxygens (including phenoxy) is 2. The van der Waals surface area contributed by atoms with Crippen LogP contribution in [0.1, 0.15) is 21.5 Å². The number of aryl methyl sites for hydroxylation is 1. The zero-order valence-electron chi connectivity index (χ0n) is 17.1. The van der Waals surface area contributed by atoms with Crippen LogP contribution in [0, 0.1) is 13.8 Å². The molecule has 0 bridgehead atoms. The minimum absolute atomic E-state index is 0.156. The highest BCUT2D eigenvalue weighted by Crippen LogP contribution is 2.33. The summed E-state index contributed by atoms with van der Waals surface area (Å²) in [6, 6.07) is 16.6. The van der Waals surface area contributed by atoms with E-state index in [4.69, 9.17) is 9.47 Å². The normalized spacial score (nSPS) is 12.8. The largest absolute Gasteiger partial charge is 0.486 e. The minimum atomic E-state index is -3.78. The number of hydrogen-bond acceptors (Lipinski definition) is 5. The molecule has 4 rings (SSSR count). The quantitative estimate of drug-likeness (QED) is 0.625. The minimum Gasteiger partial charge on any atom is -0.486 e. The molecule has 1 amide bonds. The monoisotopic (exact) mass is 438 g/mol. The maximum Gasteiger partial charge on any atom is 0.261 e. The van der Waals surface area contributed by atoms with E-state index in [0.717, 1.165) is 5.56 Å². The van der Waals surface area contributed by atoms with Gasteiger partial charge in [0, 0.05) is 17.3 Å². The second kappa shape index (κ2) is 8.31. The van der Waals surface area contributed by atoms with Crippen LogP contribution < -0.4 is 19.5 Å². The maximum absolute atomic E-state index is 12.9. The SMILES string of the molecule is Cc1ccc(S(=O)(=O)Nc2cccc(C(=O)Nc3ccc4c(c3)OCCO4)c2C)cc1. The van der Waals surface area contributed by atoms with E-state index in [0.29, 0.717) is 47.2 Å². The Labute approximate surface area is 181 Å². The number of hydrogen-bond donors (Lipinski definition) is 2. The van der Waals surface area contributed by atoms with Crippen molar-refractivity contribution in [1.29, 1.82) is 0 Å². The molecule has 0 radical (unpaired) electrons. The van der Waals surface area contributed by atoms with Gasteiger partial charge < -0.3 is 14.8 Å². The van der Waals surface area contributed by atoms with Crippen LogP contribution in [0.3, 0.4) is 0 Å². The maximum atomic E-state index is 12.9. The average molecular weight is 439 g/mol. The predicted molar refractivity (Wildman–Crippen MR) is 119 cm³/mol. The van der Waals surface area contributed by atoms with E-state index in [1.165, 1.54) is 0 Å². The van der Waals surface area contributed by atoms with Gasteiger partial charge in [0.25, 0.3) is 15.9 Å². The molecule has 3 aromatic carbocycles. The zero-order valence-corrected chi connectivity index (χ0v) is 18.0. The fourth-order valence-corrected chi connectivity index (χ4v) is 4.36. The Balaban J connectivity index is 1.55. The van der Waals surface area contributed by atoms with Gasteiger partial charge in [-0.05, 0) is 55.8 Å². The van der Waals surface area contributed by atoms with Crippen molar-refractivity contribution in [1.82, 2.24) is 0 Å². The van der Waals surface area contributed by atoms with Crippen LogP contribution in [0.4, 0.5) is 11.4 Å². The van der Waals surface area contributed by atoms with Gasteiger partial charge in [-0.2, -0.15) is 0 Å². The number of rotatable bonds is 5. The summed E-state index contributed by atoms with van der Waals surface area (Å²) >= 11 is 0. The van der Waals surface area contributed by atoms with Gasteiger partial charge >= 0.3 is 0 Å². The molecule has 160 valence electrons. The van der Waals surface area contributed by atoms with Crippen molar-refractivity contribution >= 4 is 27.3 Å². The van der Waals surface area contributed by atoms with Gasteiger partial charge in [-0.1, -0.05) is 23.8 Å². The Hall–Kier alpha value is -3.52. The molecule has 0 aliphatic carbocycles. The lowest BCUT2D eigenvalue weighted by Crippen LogP contribution is -2.18. The Bertz CT molecular complexity index is 1240. The topological polar surface area (TPSA) is 93.7 Å². The van der Waals surface area contributed by atoms with Gasteiger partial charge in [0.15, 0.2) is 11.5 Å². The molecule has 0 fully saturated rings. The van der Waals surface area contributed by atoms with Gasteiger partial charge in [0.2, 0.25) is 0 Å². The predicted octanol–water partition coefficient (Wildman–Crippen LogP) is 4.13. The summed E-state index contributed by atoms with van der Waals surface area (Å²) in [4.78, 5) is 13.0. The third-order valence-electron chi connectivity index (χ3n) is 4.95. The van der Waals surface area contributed by atoms with Gasteiger partial charge in [-0.15, -0.1) is 0 Å². The molecule has 0 unspecified atom stereocenters. The van der Waals surface area contributed by atoms with Crippen LogP contribution in [0.25, 0.3) is 0 Å². The highest BCUT2D eigenvalue weighted by molar-refractivity contribution is 7.92. The standard InChI is InChI=1S/C23H22N2O5S/c1-15-6-9-18(10-7-15)31(27,28)25-20-5-3-4-19(16(20)2)23(26)24-17-8-11-21-22(14-17)30-13-12-29-21/h3-11,14,25H,12-13H2,1-2H3,(H,24,26). The van der Waals surface area contributed by atoms with Crippen molar-refractivity contribution in [2.24, 2.45) is 0 Å². The summed E-state index contributed by atoms with van der Waals surface area (Å²) in [5.41, 5.74) is 2.75. The summed E-state index contributed by atoms with van der Waals surface area (Å²) in [5.74, 6) is 0.846. The highest BCUT2D eigenvalue weighted by Gasteiger charge is 2.19. The Morgan fingerprint density at radius 1 is 0.903 bits per heavy atom. The molecular weight excluding hydrogens is 416 g/mol. The van der Waals surface area contributed by atoms with E-state index < -0.39 is 10.0 Å². The van der Waals surface area contributed by atoms with Gasteiger partial charge in [-0.25, -0.2) is 8.42 Å². The summed E-state index contributed by atoms with van der Waals surface area (Å²) in [5, 5.41) is 2.83. The van der Waals surface area contributed by atoms with Crippen molar-refractivity contribution < 1.29 is 22.7 Å². The molecule has 1 heterocycles. The van der Waals surface area contributed by atoms with Crippen LogP contribution in [0.5, 0.6) is 11.5 Å². The molecule has 0 saturated heterocycles. The number of amides is 1. The van der Waals surface area contributed by atoms with Crippen LogP contribution in [-0.2, 0) is 10.0 Å². The summed E-state index contributed by atoms with van der Waals surface area (Å²) < 4.78 is 39.1. The van der Waals surface area contributed by atoms with Gasteiger partial charge in [0.05, 0.1) is 10.6 Å². The van der Waals surface area contributed by atoms with Crippen molar-refractivity contribution in [2.75, 3.05) is 23.3 Å². The summed E-state index contributed by atoms with van der Waals surface area (Å²) in [6.07, 6.45) is 0.